The lowest BCUT2D eigenvalue weighted by molar-refractivity contribution is -0.141. The minimum atomic E-state index is -0.872. The first kappa shape index (κ1) is 17.3. The largest absolute Gasteiger partial charge is 0.387 e. The standard InChI is InChI=1S/C18H25FN2O3/c19-16-6-2-1-5-15(16)17(22)13-20-7-3-4-14(12-20)18(23)21-8-10-24-11-9-21/h1-2,5-6,14,17,22H,3-4,7-13H2. The summed E-state index contributed by atoms with van der Waals surface area (Å²) in [6.07, 6.45) is 0.927. The number of hydrogen-bond acceptors (Lipinski definition) is 4. The lowest BCUT2D eigenvalue weighted by Gasteiger charge is -2.36. The summed E-state index contributed by atoms with van der Waals surface area (Å²) in [5.74, 6) is -0.240. The summed E-state index contributed by atoms with van der Waals surface area (Å²) in [7, 11) is 0. The molecule has 0 spiro atoms. The van der Waals surface area contributed by atoms with Gasteiger partial charge in [0.1, 0.15) is 5.82 Å². The zero-order valence-corrected chi connectivity index (χ0v) is 13.9. The Labute approximate surface area is 142 Å². The van der Waals surface area contributed by atoms with Crippen LogP contribution in [0.1, 0.15) is 24.5 Å². The number of morpholine rings is 1. The predicted molar refractivity (Wildman–Crippen MR) is 87.9 cm³/mol. The summed E-state index contributed by atoms with van der Waals surface area (Å²) in [6.45, 7) is 4.34. The Morgan fingerprint density at radius 3 is 2.79 bits per heavy atom. The van der Waals surface area contributed by atoms with E-state index in [4.69, 9.17) is 4.74 Å². The number of hydrogen-bond donors (Lipinski definition) is 1. The van der Waals surface area contributed by atoms with E-state index in [0.717, 1.165) is 19.4 Å². The van der Waals surface area contributed by atoms with Crippen molar-refractivity contribution in [3.8, 4) is 0 Å². The summed E-state index contributed by atoms with van der Waals surface area (Å²) >= 11 is 0. The third-order valence-corrected chi connectivity index (χ3v) is 4.87. The van der Waals surface area contributed by atoms with Crippen molar-refractivity contribution in [2.45, 2.75) is 18.9 Å². The van der Waals surface area contributed by atoms with Crippen molar-refractivity contribution in [2.75, 3.05) is 45.9 Å². The van der Waals surface area contributed by atoms with Gasteiger partial charge in [-0.1, -0.05) is 18.2 Å². The van der Waals surface area contributed by atoms with Crippen LogP contribution in [0.2, 0.25) is 0 Å². The molecule has 6 heteroatoms. The minimum Gasteiger partial charge on any atom is -0.387 e. The Bertz CT molecular complexity index is 563. The number of halogens is 1. The molecule has 0 aromatic heterocycles. The number of ether oxygens (including phenoxy) is 1. The average molecular weight is 336 g/mol. The normalized spacial score (nSPS) is 23.9. The second kappa shape index (κ2) is 8.05. The van der Waals surface area contributed by atoms with Crippen molar-refractivity contribution in [2.24, 2.45) is 5.92 Å². The summed E-state index contributed by atoms with van der Waals surface area (Å²) in [5.41, 5.74) is 0.319. The van der Waals surface area contributed by atoms with Crippen LogP contribution in [0.15, 0.2) is 24.3 Å². The highest BCUT2D eigenvalue weighted by Gasteiger charge is 2.31. The molecule has 0 radical (unpaired) electrons. The summed E-state index contributed by atoms with van der Waals surface area (Å²) in [5, 5.41) is 10.3. The van der Waals surface area contributed by atoms with Crippen molar-refractivity contribution in [1.82, 2.24) is 9.80 Å². The van der Waals surface area contributed by atoms with Crippen LogP contribution in [0.3, 0.4) is 0 Å². The molecule has 2 atom stereocenters. The van der Waals surface area contributed by atoms with Crippen LogP contribution in [-0.4, -0.2) is 66.8 Å². The highest BCUT2D eigenvalue weighted by molar-refractivity contribution is 5.79. The molecule has 2 saturated heterocycles. The fraction of sp³-hybridized carbons (Fsp3) is 0.611. The van der Waals surface area contributed by atoms with Crippen LogP contribution in [0.25, 0.3) is 0 Å². The smallest absolute Gasteiger partial charge is 0.227 e. The highest BCUT2D eigenvalue weighted by atomic mass is 19.1. The SMILES string of the molecule is O=C(C1CCCN(CC(O)c2ccccc2F)C1)N1CCOCC1. The molecular formula is C18H25FN2O3. The zero-order valence-electron chi connectivity index (χ0n) is 13.9. The van der Waals surface area contributed by atoms with Gasteiger partial charge in [-0.25, -0.2) is 4.39 Å². The van der Waals surface area contributed by atoms with E-state index < -0.39 is 6.10 Å². The molecule has 1 N–H and O–H groups in total. The first-order valence-corrected chi connectivity index (χ1v) is 8.66. The molecule has 0 saturated carbocycles. The van der Waals surface area contributed by atoms with E-state index in [2.05, 4.69) is 4.90 Å². The van der Waals surface area contributed by atoms with Gasteiger partial charge >= 0.3 is 0 Å². The first-order valence-electron chi connectivity index (χ1n) is 8.66. The van der Waals surface area contributed by atoms with Crippen LogP contribution in [0.5, 0.6) is 0 Å². The topological polar surface area (TPSA) is 53.0 Å². The molecule has 24 heavy (non-hydrogen) atoms. The number of β-amino-alcohol motifs (C(OH)–C–C–N with tert-alkyl or cyclic N) is 1. The van der Waals surface area contributed by atoms with Crippen molar-refractivity contribution in [1.29, 1.82) is 0 Å². The van der Waals surface area contributed by atoms with E-state index in [0.29, 0.717) is 45.0 Å². The van der Waals surface area contributed by atoms with Crippen molar-refractivity contribution in [3.05, 3.63) is 35.6 Å². The molecule has 1 aromatic rings. The number of carbonyl (C=O) groups is 1. The second-order valence-electron chi connectivity index (χ2n) is 6.57. The summed E-state index contributed by atoms with van der Waals surface area (Å²) < 4.78 is 19.1. The van der Waals surface area contributed by atoms with Gasteiger partial charge in [0.2, 0.25) is 5.91 Å². The number of piperidine rings is 1. The van der Waals surface area contributed by atoms with E-state index in [1.807, 2.05) is 4.90 Å². The Balaban J connectivity index is 1.57. The van der Waals surface area contributed by atoms with Crippen molar-refractivity contribution in [3.63, 3.8) is 0 Å². The van der Waals surface area contributed by atoms with Gasteiger partial charge in [-0.3, -0.25) is 9.69 Å². The maximum atomic E-state index is 13.8. The van der Waals surface area contributed by atoms with Crippen molar-refractivity contribution < 1.29 is 19.0 Å². The Morgan fingerprint density at radius 2 is 2.04 bits per heavy atom. The van der Waals surface area contributed by atoms with E-state index in [-0.39, 0.29) is 17.6 Å². The highest BCUT2D eigenvalue weighted by Crippen LogP contribution is 2.23. The maximum absolute atomic E-state index is 13.8. The molecule has 1 aromatic carbocycles. The third-order valence-electron chi connectivity index (χ3n) is 4.87. The third kappa shape index (κ3) is 4.12. The fourth-order valence-corrected chi connectivity index (χ4v) is 3.55. The quantitative estimate of drug-likeness (QED) is 0.904. The van der Waals surface area contributed by atoms with Crippen LogP contribution in [-0.2, 0) is 9.53 Å². The molecule has 2 heterocycles. The number of rotatable bonds is 4. The Morgan fingerprint density at radius 1 is 1.29 bits per heavy atom. The molecular weight excluding hydrogens is 311 g/mol. The molecule has 0 bridgehead atoms. The lowest BCUT2D eigenvalue weighted by Crippen LogP contribution is -2.48. The van der Waals surface area contributed by atoms with Crippen LogP contribution in [0.4, 0.5) is 4.39 Å². The predicted octanol–water partition coefficient (Wildman–Crippen LogP) is 1.43. The minimum absolute atomic E-state index is 0.0373. The Kier molecular flexibility index (Phi) is 5.81. The number of aliphatic hydroxyl groups excluding tert-OH is 1. The molecule has 2 fully saturated rings. The summed E-state index contributed by atoms with van der Waals surface area (Å²) in [6, 6.07) is 6.31. The molecule has 2 aliphatic rings. The number of likely N-dealkylation sites (tertiary alicyclic amines) is 1. The van der Waals surface area contributed by atoms with Crippen LogP contribution < -0.4 is 0 Å². The molecule has 2 unspecified atom stereocenters. The van der Waals surface area contributed by atoms with Gasteiger partial charge in [-0.15, -0.1) is 0 Å². The van der Waals surface area contributed by atoms with Gasteiger partial charge in [0.15, 0.2) is 0 Å². The van der Waals surface area contributed by atoms with Gasteiger partial charge in [0.25, 0.3) is 0 Å². The van der Waals surface area contributed by atoms with Crippen LogP contribution in [0, 0.1) is 11.7 Å². The van der Waals surface area contributed by atoms with Gasteiger partial charge < -0.3 is 14.7 Å². The number of aliphatic hydroxyl groups is 1. The van der Waals surface area contributed by atoms with E-state index in [1.165, 1.54) is 6.07 Å². The number of benzene rings is 1. The van der Waals surface area contributed by atoms with Gasteiger partial charge in [-0.2, -0.15) is 0 Å². The number of amides is 1. The maximum Gasteiger partial charge on any atom is 0.227 e. The van der Waals surface area contributed by atoms with Gasteiger partial charge in [0.05, 0.1) is 25.2 Å². The fourth-order valence-electron chi connectivity index (χ4n) is 3.55. The monoisotopic (exact) mass is 336 g/mol. The first-order chi connectivity index (χ1) is 11.6. The van der Waals surface area contributed by atoms with Gasteiger partial charge in [0, 0.05) is 31.7 Å². The molecule has 2 aliphatic heterocycles. The Hall–Kier alpha value is -1.50. The lowest BCUT2D eigenvalue weighted by atomic mass is 9.95. The molecule has 3 rings (SSSR count). The number of carbonyl (C=O) groups excluding carboxylic acids is 1. The molecule has 0 aliphatic carbocycles. The molecule has 5 nitrogen and oxygen atoms in total. The van der Waals surface area contributed by atoms with Gasteiger partial charge in [-0.05, 0) is 25.5 Å². The number of nitrogens with zero attached hydrogens (tertiary/aromatic N) is 2. The van der Waals surface area contributed by atoms with E-state index in [1.54, 1.807) is 18.2 Å². The molecule has 132 valence electrons. The van der Waals surface area contributed by atoms with E-state index in [9.17, 15) is 14.3 Å². The van der Waals surface area contributed by atoms with E-state index >= 15 is 0 Å². The van der Waals surface area contributed by atoms with Crippen molar-refractivity contribution >= 4 is 5.91 Å². The summed E-state index contributed by atoms with van der Waals surface area (Å²) in [4.78, 5) is 16.6. The second-order valence-corrected chi connectivity index (χ2v) is 6.57. The average Bonchev–Trinajstić information content (AvgIpc) is 2.62. The van der Waals surface area contributed by atoms with Crippen LogP contribution >= 0.6 is 0 Å². The molecule has 1 amide bonds. The zero-order chi connectivity index (χ0) is 16.9.